The van der Waals surface area contributed by atoms with Crippen LogP contribution in [0.2, 0.25) is 0 Å². The van der Waals surface area contributed by atoms with Crippen molar-refractivity contribution in [1.29, 1.82) is 0 Å². The number of aliphatic imine (C=N–C) groups is 1. The fourth-order valence-electron chi connectivity index (χ4n) is 3.60. The fraction of sp³-hybridized carbons (Fsp3) is 0.500. The molecule has 1 N–H and O–H groups in total. The molecule has 0 aliphatic carbocycles. The van der Waals surface area contributed by atoms with E-state index in [4.69, 9.17) is 9.47 Å². The number of carbonyl (C=O) groups is 3. The molecule has 2 atom stereocenters. The van der Waals surface area contributed by atoms with Crippen LogP contribution < -0.4 is 5.32 Å². The number of piperazine rings is 1. The Morgan fingerprint density at radius 2 is 1.88 bits per heavy atom. The Morgan fingerprint density at radius 1 is 1.19 bits per heavy atom. The molecule has 3 rings (SSSR count). The van der Waals surface area contributed by atoms with Crippen molar-refractivity contribution in [3.8, 4) is 0 Å². The van der Waals surface area contributed by atoms with E-state index < -0.39 is 34.9 Å². The van der Waals surface area contributed by atoms with E-state index in [0.29, 0.717) is 31.7 Å². The van der Waals surface area contributed by atoms with Crippen LogP contribution in [0.5, 0.6) is 0 Å². The van der Waals surface area contributed by atoms with E-state index in [1.807, 2.05) is 0 Å². The number of nitrogens with zero attached hydrogens (tertiary/aromatic N) is 4. The number of nitro groups is 1. The third kappa shape index (κ3) is 4.95. The van der Waals surface area contributed by atoms with E-state index in [1.54, 1.807) is 29.7 Å². The van der Waals surface area contributed by atoms with Crippen molar-refractivity contribution < 1.29 is 28.8 Å². The molecule has 0 spiro atoms. The van der Waals surface area contributed by atoms with E-state index in [0.717, 1.165) is 0 Å². The van der Waals surface area contributed by atoms with Crippen LogP contribution in [-0.4, -0.2) is 78.0 Å². The minimum absolute atomic E-state index is 0.0800. The number of guanidine groups is 1. The van der Waals surface area contributed by atoms with Crippen LogP contribution in [0, 0.1) is 16.0 Å². The number of hydrogen-bond acceptors (Lipinski definition) is 9. The Balaban J connectivity index is 1.88. The summed E-state index contributed by atoms with van der Waals surface area (Å²) in [6, 6.07) is 4.71. The molecular formula is C20H25N5O7. The van der Waals surface area contributed by atoms with Gasteiger partial charge in [-0.25, -0.2) is 9.79 Å². The van der Waals surface area contributed by atoms with E-state index >= 15 is 0 Å². The number of nitrogens with one attached hydrogen (secondary N) is 1. The maximum absolute atomic E-state index is 12.9. The van der Waals surface area contributed by atoms with Gasteiger partial charge in [-0.2, -0.15) is 0 Å². The molecule has 12 nitrogen and oxygen atoms in total. The van der Waals surface area contributed by atoms with Crippen LogP contribution in [0.4, 0.5) is 10.5 Å². The fourth-order valence-corrected chi connectivity index (χ4v) is 3.60. The molecule has 2 heterocycles. The Morgan fingerprint density at radius 3 is 2.50 bits per heavy atom. The lowest BCUT2D eigenvalue weighted by molar-refractivity contribution is -0.384. The Bertz CT molecular complexity index is 927. The maximum atomic E-state index is 12.9. The highest BCUT2D eigenvalue weighted by molar-refractivity contribution is 6.08. The molecule has 12 heteroatoms. The first-order chi connectivity index (χ1) is 15.3. The highest BCUT2D eigenvalue weighted by Gasteiger charge is 2.42. The van der Waals surface area contributed by atoms with Crippen LogP contribution in [0.15, 0.2) is 29.3 Å². The molecule has 2 aliphatic rings. The third-order valence-corrected chi connectivity index (χ3v) is 5.16. The molecule has 0 aromatic heterocycles. The molecule has 1 aromatic carbocycles. The van der Waals surface area contributed by atoms with Gasteiger partial charge >= 0.3 is 12.1 Å². The number of carbonyl (C=O) groups excluding carboxylic acids is 3. The normalized spacial score (nSPS) is 20.8. The van der Waals surface area contributed by atoms with Crippen molar-refractivity contribution in [2.45, 2.75) is 19.9 Å². The highest BCUT2D eigenvalue weighted by atomic mass is 16.6. The van der Waals surface area contributed by atoms with Gasteiger partial charge in [0.05, 0.1) is 18.1 Å². The van der Waals surface area contributed by atoms with Crippen molar-refractivity contribution in [2.75, 3.05) is 39.4 Å². The zero-order valence-corrected chi connectivity index (χ0v) is 17.9. The second kappa shape index (κ2) is 10.1. The summed E-state index contributed by atoms with van der Waals surface area (Å²) >= 11 is 0. The quantitative estimate of drug-likeness (QED) is 0.306. The first-order valence-electron chi connectivity index (χ1n) is 10.3. The van der Waals surface area contributed by atoms with Crippen LogP contribution >= 0.6 is 0 Å². The predicted octanol–water partition coefficient (Wildman–Crippen LogP) is 1.08. The summed E-state index contributed by atoms with van der Waals surface area (Å²) < 4.78 is 10.1. The summed E-state index contributed by atoms with van der Waals surface area (Å²) in [6.45, 7) is 5.24. The average molecular weight is 447 g/mol. The van der Waals surface area contributed by atoms with Crippen molar-refractivity contribution >= 4 is 29.6 Å². The number of esters is 1. The monoisotopic (exact) mass is 447 g/mol. The predicted molar refractivity (Wildman–Crippen MR) is 112 cm³/mol. The number of hydrogen-bond donors (Lipinski definition) is 1. The zero-order valence-electron chi connectivity index (χ0n) is 17.9. The van der Waals surface area contributed by atoms with Crippen molar-refractivity contribution in [2.24, 2.45) is 10.9 Å². The van der Waals surface area contributed by atoms with Crippen molar-refractivity contribution in [3.63, 3.8) is 0 Å². The molecule has 2 aliphatic heterocycles. The SMILES string of the molecule is CCOC(=O)[C@@H]1C(=O)NC(N2CCN(C(=O)OCC)CC2)=N[C@H]1c1cccc([N+](=O)[O-])c1. The minimum atomic E-state index is -1.28. The summed E-state index contributed by atoms with van der Waals surface area (Å²) in [5.74, 6) is -2.38. The van der Waals surface area contributed by atoms with Gasteiger partial charge in [0.15, 0.2) is 5.92 Å². The number of nitro benzene ring substituents is 1. The molecule has 172 valence electrons. The van der Waals surface area contributed by atoms with Gasteiger partial charge in [0.25, 0.3) is 5.69 Å². The first-order valence-corrected chi connectivity index (χ1v) is 10.3. The molecule has 0 bridgehead atoms. The molecule has 1 fully saturated rings. The van der Waals surface area contributed by atoms with E-state index in [1.165, 1.54) is 18.2 Å². The van der Waals surface area contributed by atoms with Gasteiger partial charge in [-0.1, -0.05) is 12.1 Å². The van der Waals surface area contributed by atoms with Crippen LogP contribution in [0.3, 0.4) is 0 Å². The highest BCUT2D eigenvalue weighted by Crippen LogP contribution is 2.32. The third-order valence-electron chi connectivity index (χ3n) is 5.16. The summed E-state index contributed by atoms with van der Waals surface area (Å²) in [5.41, 5.74) is 0.186. The largest absolute Gasteiger partial charge is 0.465 e. The van der Waals surface area contributed by atoms with Gasteiger partial charge < -0.3 is 19.3 Å². The molecule has 0 unspecified atom stereocenters. The number of rotatable bonds is 5. The van der Waals surface area contributed by atoms with Gasteiger partial charge in [0, 0.05) is 38.3 Å². The van der Waals surface area contributed by atoms with Gasteiger partial charge in [-0.3, -0.25) is 25.0 Å². The number of benzene rings is 1. The summed E-state index contributed by atoms with van der Waals surface area (Å²) in [5, 5.41) is 13.9. The van der Waals surface area contributed by atoms with E-state index in [-0.39, 0.29) is 24.9 Å². The first kappa shape index (κ1) is 23.0. The van der Waals surface area contributed by atoms with Crippen LogP contribution in [-0.2, 0) is 19.1 Å². The van der Waals surface area contributed by atoms with Crippen LogP contribution in [0.25, 0.3) is 0 Å². The summed E-state index contributed by atoms with van der Waals surface area (Å²) in [6.07, 6.45) is -0.404. The minimum Gasteiger partial charge on any atom is -0.465 e. The molecule has 0 saturated carbocycles. The number of amides is 2. The standard InChI is InChI=1S/C20H25N5O7/c1-3-31-18(27)15-16(13-6-5-7-14(12-13)25(29)30)21-19(22-17(15)26)23-8-10-24(11-9-23)20(28)32-4-2/h5-7,12,15-16H,3-4,8-11H2,1-2H3,(H,21,22,26)/t15-,16-/m0/s1. The Hall–Kier alpha value is -3.70. The number of non-ortho nitro benzene ring substituents is 1. The molecule has 0 radical (unpaired) electrons. The van der Waals surface area contributed by atoms with Gasteiger partial charge in [0.2, 0.25) is 11.9 Å². The van der Waals surface area contributed by atoms with Crippen LogP contribution in [0.1, 0.15) is 25.5 Å². The smallest absolute Gasteiger partial charge is 0.409 e. The Kier molecular flexibility index (Phi) is 7.23. The number of ether oxygens (including phenoxy) is 2. The molecule has 1 saturated heterocycles. The molecular weight excluding hydrogens is 422 g/mol. The van der Waals surface area contributed by atoms with Gasteiger partial charge in [-0.05, 0) is 19.4 Å². The zero-order chi connectivity index (χ0) is 23.3. The molecule has 2 amide bonds. The van der Waals surface area contributed by atoms with Gasteiger partial charge in [0.1, 0.15) is 6.04 Å². The second-order valence-corrected chi connectivity index (χ2v) is 7.14. The lowest BCUT2D eigenvalue weighted by Crippen LogP contribution is -2.58. The maximum Gasteiger partial charge on any atom is 0.409 e. The van der Waals surface area contributed by atoms with E-state index in [2.05, 4.69) is 10.3 Å². The topological polar surface area (TPSA) is 144 Å². The molecule has 32 heavy (non-hydrogen) atoms. The van der Waals surface area contributed by atoms with Gasteiger partial charge in [-0.15, -0.1) is 0 Å². The lowest BCUT2D eigenvalue weighted by Gasteiger charge is -2.38. The second-order valence-electron chi connectivity index (χ2n) is 7.14. The average Bonchev–Trinajstić information content (AvgIpc) is 2.79. The Labute approximate surface area is 184 Å². The lowest BCUT2D eigenvalue weighted by atomic mass is 9.91. The molecule has 1 aromatic rings. The summed E-state index contributed by atoms with van der Waals surface area (Å²) in [4.78, 5) is 55.9. The van der Waals surface area contributed by atoms with Crippen molar-refractivity contribution in [3.05, 3.63) is 39.9 Å². The van der Waals surface area contributed by atoms with Crippen molar-refractivity contribution in [1.82, 2.24) is 15.1 Å². The van der Waals surface area contributed by atoms with E-state index in [9.17, 15) is 24.5 Å². The summed E-state index contributed by atoms with van der Waals surface area (Å²) in [7, 11) is 0.